The molecule has 2 saturated carbocycles. The zero-order valence-electron chi connectivity index (χ0n) is 34.4. The van der Waals surface area contributed by atoms with Crippen molar-refractivity contribution in [2.75, 3.05) is 9.80 Å². The molecule has 6 aromatic rings. The van der Waals surface area contributed by atoms with E-state index in [1.165, 1.54) is 130 Å². The van der Waals surface area contributed by atoms with Crippen LogP contribution in [0.5, 0.6) is 0 Å². The van der Waals surface area contributed by atoms with E-state index >= 15 is 0 Å². The summed E-state index contributed by atoms with van der Waals surface area (Å²) in [6.45, 7) is 16.8. The fraction of sp³-hybridized carbons (Fsp3) is 0.385. The van der Waals surface area contributed by atoms with Gasteiger partial charge in [0.15, 0.2) is 0 Å². The van der Waals surface area contributed by atoms with Gasteiger partial charge >= 0.3 is 0 Å². The molecule has 1 aromatic heterocycles. The van der Waals surface area contributed by atoms with Gasteiger partial charge in [0.2, 0.25) is 0 Å². The highest BCUT2D eigenvalue weighted by molar-refractivity contribution is 7.00. The normalized spacial score (nSPS) is 23.8. The lowest BCUT2D eigenvalue weighted by atomic mass is 9.35. The lowest BCUT2D eigenvalue weighted by molar-refractivity contribution is 0.207. The van der Waals surface area contributed by atoms with Crippen molar-refractivity contribution < 1.29 is 4.42 Å². The van der Waals surface area contributed by atoms with Gasteiger partial charge in [-0.3, -0.25) is 0 Å². The highest BCUT2D eigenvalue weighted by Crippen LogP contribution is 2.55. The SMILES string of the molecule is CCC1(c2ccc3oc4c(c3c2)N(c2ccccc2)c2cccc3c2B4c2cc4c(cc2N3c2c(C)cccc2C)C(C)(C)CCC4(C)C)CC2CC[C@H](C2)C1. The minimum absolute atomic E-state index is 0.0422. The minimum Gasteiger partial charge on any atom is -0.468 e. The second-order valence-corrected chi connectivity index (χ2v) is 19.7. The summed E-state index contributed by atoms with van der Waals surface area (Å²) < 4.78 is 7.38. The molecular formula is C52H55BN2O. The third-order valence-electron chi connectivity index (χ3n) is 15.5. The molecule has 2 fully saturated rings. The van der Waals surface area contributed by atoms with Crippen molar-refractivity contribution in [1.82, 2.24) is 0 Å². The van der Waals surface area contributed by atoms with Crippen molar-refractivity contribution in [2.24, 2.45) is 11.8 Å². The molecule has 5 aliphatic rings. The number of aryl methyl sites for hydroxylation is 2. The molecule has 3 heterocycles. The molecule has 282 valence electrons. The molecule has 2 bridgehead atoms. The Bertz CT molecular complexity index is 2550. The standard InChI is InChI=1S/C52H55BN2O/c1-8-52(30-34-20-21-35(26-34)31-52)36-22-23-45-38(27-36)48-49(56-45)53-41-28-39-40(51(6,7)25-24-50(39,4)5)29-44(41)55(47-32(2)14-12-15-33(47)3)43-19-13-18-42(46(43)53)54(48)37-16-10-9-11-17-37/h9-19,22-23,27-29,34-35H,8,20-21,24-26,30-31H2,1-7H3/t34-,35?,52?/m1/s1. The van der Waals surface area contributed by atoms with E-state index in [2.05, 4.69) is 155 Å². The van der Waals surface area contributed by atoms with Crippen molar-refractivity contribution in [3.8, 4) is 0 Å². The average Bonchev–Trinajstić information content (AvgIpc) is 3.75. The zero-order valence-corrected chi connectivity index (χ0v) is 34.4. The monoisotopic (exact) mass is 734 g/mol. The van der Waals surface area contributed by atoms with E-state index in [1.807, 2.05) is 0 Å². The second kappa shape index (κ2) is 11.9. The lowest BCUT2D eigenvalue weighted by Gasteiger charge is -2.46. The number of hydrogen-bond donors (Lipinski definition) is 0. The first kappa shape index (κ1) is 34.5. The van der Waals surface area contributed by atoms with Crippen LogP contribution >= 0.6 is 0 Å². The first-order chi connectivity index (χ1) is 27.0. The van der Waals surface area contributed by atoms with E-state index in [0.717, 1.165) is 23.1 Å². The van der Waals surface area contributed by atoms with E-state index in [-0.39, 0.29) is 23.0 Å². The molecule has 0 spiro atoms. The summed E-state index contributed by atoms with van der Waals surface area (Å²) in [6.07, 6.45) is 10.5. The molecule has 3 nitrogen and oxygen atoms in total. The van der Waals surface area contributed by atoms with E-state index < -0.39 is 0 Å². The van der Waals surface area contributed by atoms with Gasteiger partial charge in [0, 0.05) is 28.1 Å². The molecule has 0 amide bonds. The van der Waals surface area contributed by atoms with Crippen LogP contribution < -0.4 is 26.4 Å². The smallest absolute Gasteiger partial charge is 0.297 e. The number of furan rings is 1. The molecule has 3 atom stereocenters. The van der Waals surface area contributed by atoms with Crippen LogP contribution in [-0.4, -0.2) is 6.71 Å². The van der Waals surface area contributed by atoms with Crippen LogP contribution in [0.25, 0.3) is 11.0 Å². The number of nitrogens with zero attached hydrogens (tertiary/aromatic N) is 2. The number of para-hydroxylation sites is 2. The molecule has 4 heteroatoms. The van der Waals surface area contributed by atoms with Gasteiger partial charge < -0.3 is 14.2 Å². The maximum Gasteiger partial charge on any atom is 0.297 e. The van der Waals surface area contributed by atoms with Crippen LogP contribution in [-0.2, 0) is 16.2 Å². The second-order valence-electron chi connectivity index (χ2n) is 19.7. The Kier molecular flexibility index (Phi) is 7.35. The Hall–Kier alpha value is -4.70. The molecule has 0 N–H and O–H groups in total. The first-order valence-electron chi connectivity index (χ1n) is 21.6. The topological polar surface area (TPSA) is 19.6 Å². The van der Waals surface area contributed by atoms with E-state index in [4.69, 9.17) is 4.42 Å². The van der Waals surface area contributed by atoms with E-state index in [0.29, 0.717) is 0 Å². The van der Waals surface area contributed by atoms with Gasteiger partial charge in [0.05, 0.1) is 17.0 Å². The summed E-state index contributed by atoms with van der Waals surface area (Å²) in [5.41, 5.74) is 19.7. The van der Waals surface area contributed by atoms with Crippen LogP contribution in [0.15, 0.2) is 101 Å². The van der Waals surface area contributed by atoms with Gasteiger partial charge in [-0.05, 0) is 162 Å². The van der Waals surface area contributed by atoms with Crippen molar-refractivity contribution in [3.63, 3.8) is 0 Å². The summed E-state index contributed by atoms with van der Waals surface area (Å²) in [6, 6.07) is 37.4. The number of rotatable bonds is 4. The summed E-state index contributed by atoms with van der Waals surface area (Å²) in [4.78, 5) is 5.16. The Labute approximate surface area is 334 Å². The molecule has 11 rings (SSSR count). The predicted octanol–water partition coefficient (Wildman–Crippen LogP) is 12.3. The Morgan fingerprint density at radius 3 is 2.00 bits per heavy atom. The van der Waals surface area contributed by atoms with Crippen molar-refractivity contribution >= 4 is 68.4 Å². The molecule has 56 heavy (non-hydrogen) atoms. The molecule has 3 aliphatic carbocycles. The quantitative estimate of drug-likeness (QED) is 0.168. The van der Waals surface area contributed by atoms with Crippen LogP contribution in [0.1, 0.15) is 114 Å². The first-order valence-corrected chi connectivity index (χ1v) is 21.6. The molecule has 2 aliphatic heterocycles. The number of hydrogen-bond acceptors (Lipinski definition) is 3. The predicted molar refractivity (Wildman–Crippen MR) is 237 cm³/mol. The van der Waals surface area contributed by atoms with Gasteiger partial charge in [-0.25, -0.2) is 0 Å². The average molecular weight is 735 g/mol. The zero-order chi connectivity index (χ0) is 38.3. The van der Waals surface area contributed by atoms with Crippen LogP contribution in [0.3, 0.4) is 0 Å². The molecule has 0 saturated heterocycles. The Morgan fingerprint density at radius 2 is 1.32 bits per heavy atom. The summed E-state index contributed by atoms with van der Waals surface area (Å²) in [5.74, 6) is 1.74. The van der Waals surface area contributed by atoms with Crippen molar-refractivity contribution in [1.29, 1.82) is 0 Å². The van der Waals surface area contributed by atoms with Gasteiger partial charge in [-0.1, -0.05) is 102 Å². The third kappa shape index (κ3) is 4.77. The van der Waals surface area contributed by atoms with Crippen LogP contribution in [0.2, 0.25) is 0 Å². The molecule has 5 aromatic carbocycles. The number of benzene rings is 5. The maximum atomic E-state index is 7.38. The van der Waals surface area contributed by atoms with Gasteiger partial charge in [0.1, 0.15) is 5.58 Å². The highest BCUT2D eigenvalue weighted by Gasteiger charge is 2.50. The van der Waals surface area contributed by atoms with Crippen molar-refractivity contribution in [2.45, 2.75) is 116 Å². The maximum absolute atomic E-state index is 7.38. The molecule has 0 radical (unpaired) electrons. The summed E-state index contributed by atoms with van der Waals surface area (Å²) >= 11 is 0. The fourth-order valence-corrected chi connectivity index (χ4v) is 12.5. The van der Waals surface area contributed by atoms with Gasteiger partial charge in [-0.15, -0.1) is 0 Å². The number of anilines is 6. The fourth-order valence-electron chi connectivity index (χ4n) is 12.5. The largest absolute Gasteiger partial charge is 0.468 e. The number of fused-ring (bicyclic) bond motifs is 9. The highest BCUT2D eigenvalue weighted by atomic mass is 16.3. The summed E-state index contributed by atoms with van der Waals surface area (Å²) in [7, 11) is 0. The van der Waals surface area contributed by atoms with E-state index in [1.54, 1.807) is 0 Å². The van der Waals surface area contributed by atoms with Crippen LogP contribution in [0, 0.1) is 25.7 Å². The lowest BCUT2D eigenvalue weighted by Crippen LogP contribution is -2.61. The van der Waals surface area contributed by atoms with Gasteiger partial charge in [-0.2, -0.15) is 0 Å². The van der Waals surface area contributed by atoms with E-state index in [9.17, 15) is 0 Å². The minimum atomic E-state index is -0.0422. The summed E-state index contributed by atoms with van der Waals surface area (Å²) in [5, 5.41) is 1.25. The molecule has 2 unspecified atom stereocenters. The van der Waals surface area contributed by atoms with Crippen molar-refractivity contribution in [3.05, 3.63) is 125 Å². The molecular weight excluding hydrogens is 679 g/mol. The Balaban J connectivity index is 1.23. The van der Waals surface area contributed by atoms with Crippen LogP contribution in [0.4, 0.5) is 34.1 Å². The Morgan fingerprint density at radius 1 is 0.679 bits per heavy atom. The van der Waals surface area contributed by atoms with Gasteiger partial charge in [0.25, 0.3) is 6.71 Å². The third-order valence-corrected chi connectivity index (χ3v) is 15.5.